The molecule has 2 aromatic carbocycles. The molecule has 40 heavy (non-hydrogen) atoms. The lowest BCUT2D eigenvalue weighted by molar-refractivity contribution is -0.384. The van der Waals surface area contributed by atoms with Crippen LogP contribution < -0.4 is 4.74 Å². The third-order valence-electron chi connectivity index (χ3n) is 7.48. The third-order valence-corrected chi connectivity index (χ3v) is 10.8. The van der Waals surface area contributed by atoms with Crippen molar-refractivity contribution in [2.75, 3.05) is 39.8 Å². The molecule has 10 nitrogen and oxygen atoms in total. The maximum absolute atomic E-state index is 13.5. The fraction of sp³-hybridized carbons (Fsp3) is 0.370. The number of sulfonamides is 1. The minimum Gasteiger partial charge on any atom is -0.497 e. The van der Waals surface area contributed by atoms with E-state index in [0.717, 1.165) is 30.3 Å². The molecule has 0 spiro atoms. The zero-order valence-corrected chi connectivity index (χ0v) is 24.4. The summed E-state index contributed by atoms with van der Waals surface area (Å²) in [5, 5.41) is 13.2. The molecule has 2 aliphatic heterocycles. The van der Waals surface area contributed by atoms with Gasteiger partial charge in [0.2, 0.25) is 15.9 Å². The zero-order chi connectivity index (χ0) is 28.6. The van der Waals surface area contributed by atoms with Crippen LogP contribution in [0.1, 0.15) is 29.0 Å². The second kappa shape index (κ2) is 11.5. The van der Waals surface area contributed by atoms with Gasteiger partial charge < -0.3 is 9.64 Å². The second-order valence-electron chi connectivity index (χ2n) is 9.87. The molecule has 1 saturated heterocycles. The van der Waals surface area contributed by atoms with Gasteiger partial charge in [0, 0.05) is 43.2 Å². The van der Waals surface area contributed by atoms with Crippen LogP contribution in [-0.4, -0.2) is 79.2 Å². The Hall–Kier alpha value is -3.03. The van der Waals surface area contributed by atoms with E-state index >= 15 is 0 Å². The number of hydrogen-bond donors (Lipinski definition) is 0. The molecule has 0 N–H and O–H groups in total. The smallest absolute Gasteiger partial charge is 0.289 e. The molecule has 5 rings (SSSR count). The number of carbonyl (C=O) groups excluding carboxylic acids is 1. The third kappa shape index (κ3) is 5.46. The molecule has 3 aromatic rings. The number of amides is 1. The van der Waals surface area contributed by atoms with Crippen molar-refractivity contribution < 1.29 is 22.9 Å². The number of piperazine rings is 1. The lowest BCUT2D eigenvalue weighted by Gasteiger charge is -2.41. The quantitative estimate of drug-likeness (QED) is 0.293. The number of fused-ring (bicyclic) bond motifs is 1. The molecule has 0 saturated carbocycles. The van der Waals surface area contributed by atoms with Gasteiger partial charge in [0.25, 0.3) is 5.69 Å². The summed E-state index contributed by atoms with van der Waals surface area (Å²) in [5.74, 6) is 0.700. The molecule has 2 atom stereocenters. The van der Waals surface area contributed by atoms with E-state index in [1.165, 1.54) is 26.9 Å². The Labute approximate surface area is 241 Å². The highest BCUT2D eigenvalue weighted by Crippen LogP contribution is 2.38. The van der Waals surface area contributed by atoms with Crippen LogP contribution in [0.4, 0.5) is 5.69 Å². The normalized spacial score (nSPS) is 20.2. The van der Waals surface area contributed by atoms with E-state index in [4.69, 9.17) is 16.3 Å². The minimum atomic E-state index is -4.03. The molecule has 0 bridgehead atoms. The number of thiophene rings is 1. The monoisotopic (exact) mass is 604 g/mol. The van der Waals surface area contributed by atoms with Crippen LogP contribution in [0.25, 0.3) is 0 Å². The van der Waals surface area contributed by atoms with Crippen molar-refractivity contribution >= 4 is 44.6 Å². The van der Waals surface area contributed by atoms with Gasteiger partial charge >= 0.3 is 0 Å². The summed E-state index contributed by atoms with van der Waals surface area (Å²) >= 11 is 7.60. The zero-order valence-electron chi connectivity index (χ0n) is 22.0. The van der Waals surface area contributed by atoms with Gasteiger partial charge in [0.15, 0.2) is 0 Å². The minimum absolute atomic E-state index is 0.0651. The second-order valence-corrected chi connectivity index (χ2v) is 13.2. The molecular weight excluding hydrogens is 576 g/mol. The summed E-state index contributed by atoms with van der Waals surface area (Å²) < 4.78 is 33.3. The molecule has 0 radical (unpaired) electrons. The van der Waals surface area contributed by atoms with Crippen molar-refractivity contribution in [3.63, 3.8) is 0 Å². The summed E-state index contributed by atoms with van der Waals surface area (Å²) in [6, 6.07) is 12.9. The summed E-state index contributed by atoms with van der Waals surface area (Å²) in [4.78, 5) is 29.1. The summed E-state index contributed by atoms with van der Waals surface area (Å²) in [6.07, 6.45) is 0.864. The van der Waals surface area contributed by atoms with E-state index < -0.39 is 26.7 Å². The number of ether oxygens (including phenoxy) is 1. The van der Waals surface area contributed by atoms with Crippen molar-refractivity contribution in [2.24, 2.45) is 0 Å². The maximum atomic E-state index is 13.5. The Kier molecular flexibility index (Phi) is 8.16. The van der Waals surface area contributed by atoms with Crippen molar-refractivity contribution in [2.45, 2.75) is 30.3 Å². The number of nitrogens with zero attached hydrogens (tertiary/aromatic N) is 4. The SMILES string of the molecule is COc1ccc([C@H]2c3ccsc3CCN2CC(=O)N2CCN(S(=O)(=O)c3ccc(Cl)c([N+](=O)[O-])c3)[C@H](C)C2)cc1. The maximum Gasteiger partial charge on any atom is 0.289 e. The van der Waals surface area contributed by atoms with Crippen LogP contribution in [0.5, 0.6) is 5.75 Å². The Balaban J connectivity index is 1.30. The lowest BCUT2D eigenvalue weighted by atomic mass is 9.93. The molecule has 3 heterocycles. The van der Waals surface area contributed by atoms with Crippen LogP contribution in [-0.2, 0) is 21.2 Å². The fourth-order valence-electron chi connectivity index (χ4n) is 5.44. The van der Waals surface area contributed by atoms with Gasteiger partial charge in [-0.25, -0.2) is 8.42 Å². The van der Waals surface area contributed by atoms with E-state index in [9.17, 15) is 23.3 Å². The van der Waals surface area contributed by atoms with Crippen molar-refractivity contribution in [3.8, 4) is 5.75 Å². The predicted molar refractivity (Wildman–Crippen MR) is 152 cm³/mol. The van der Waals surface area contributed by atoms with Gasteiger partial charge in [-0.3, -0.25) is 19.8 Å². The van der Waals surface area contributed by atoms with Gasteiger partial charge in [-0.2, -0.15) is 4.31 Å². The summed E-state index contributed by atoms with van der Waals surface area (Å²) in [5.41, 5.74) is 1.82. The highest BCUT2D eigenvalue weighted by atomic mass is 35.5. The number of halogens is 1. The predicted octanol–water partition coefficient (Wildman–Crippen LogP) is 4.19. The first-order chi connectivity index (χ1) is 19.1. The van der Waals surface area contributed by atoms with Crippen LogP contribution in [0.3, 0.4) is 0 Å². The van der Waals surface area contributed by atoms with Crippen molar-refractivity contribution in [3.05, 3.63) is 85.1 Å². The van der Waals surface area contributed by atoms with Crippen LogP contribution in [0.15, 0.2) is 58.8 Å². The first-order valence-corrected chi connectivity index (χ1v) is 15.5. The number of methoxy groups -OCH3 is 1. The van der Waals surface area contributed by atoms with Gasteiger partial charge in [0.05, 0.1) is 29.5 Å². The highest BCUT2D eigenvalue weighted by Gasteiger charge is 2.38. The average molecular weight is 605 g/mol. The first-order valence-electron chi connectivity index (χ1n) is 12.8. The molecule has 13 heteroatoms. The molecule has 1 fully saturated rings. The summed E-state index contributed by atoms with van der Waals surface area (Å²) in [6.45, 7) is 3.20. The van der Waals surface area contributed by atoms with Crippen LogP contribution >= 0.6 is 22.9 Å². The van der Waals surface area contributed by atoms with E-state index in [1.54, 1.807) is 30.3 Å². The fourth-order valence-corrected chi connectivity index (χ4v) is 8.17. The van der Waals surface area contributed by atoms with Crippen molar-refractivity contribution in [1.29, 1.82) is 0 Å². The molecule has 2 aliphatic rings. The standard InChI is InChI=1S/C27H29ClN4O6S2/c1-18-16-29(12-13-31(18)40(36,37)21-7-8-23(28)24(15-21)32(34)35)26(33)17-30-11-9-25-22(10-14-39-25)27(30)19-3-5-20(38-2)6-4-19/h3-8,10,14-15,18,27H,9,11-13,16-17H2,1-2H3/t18-,27+/m1/s1. The van der Waals surface area contributed by atoms with Gasteiger partial charge in [0.1, 0.15) is 10.8 Å². The average Bonchev–Trinajstić information content (AvgIpc) is 3.41. The Morgan fingerprint density at radius 1 is 1.15 bits per heavy atom. The van der Waals surface area contributed by atoms with E-state index in [2.05, 4.69) is 16.3 Å². The van der Waals surface area contributed by atoms with Gasteiger partial charge in [-0.05, 0) is 60.2 Å². The highest BCUT2D eigenvalue weighted by molar-refractivity contribution is 7.89. The molecule has 212 valence electrons. The number of nitro groups is 1. The largest absolute Gasteiger partial charge is 0.497 e. The number of hydrogen-bond acceptors (Lipinski definition) is 8. The summed E-state index contributed by atoms with van der Waals surface area (Å²) in [7, 11) is -2.40. The Bertz CT molecular complexity index is 1530. The van der Waals surface area contributed by atoms with Gasteiger partial charge in [-0.15, -0.1) is 11.3 Å². The molecule has 0 aliphatic carbocycles. The number of nitro benzene ring substituents is 1. The van der Waals surface area contributed by atoms with E-state index in [1.807, 2.05) is 24.3 Å². The number of benzene rings is 2. The molecular formula is C27H29ClN4O6S2. The van der Waals surface area contributed by atoms with Crippen LogP contribution in [0.2, 0.25) is 5.02 Å². The first kappa shape index (κ1) is 28.5. The molecule has 1 amide bonds. The molecule has 0 unspecified atom stereocenters. The molecule has 1 aromatic heterocycles. The van der Waals surface area contributed by atoms with E-state index in [0.29, 0.717) is 0 Å². The van der Waals surface area contributed by atoms with Crippen molar-refractivity contribution in [1.82, 2.24) is 14.1 Å². The topological polar surface area (TPSA) is 113 Å². The lowest BCUT2D eigenvalue weighted by Crippen LogP contribution is -2.57. The number of carbonyl (C=O) groups is 1. The van der Waals surface area contributed by atoms with E-state index in [-0.39, 0.29) is 48.0 Å². The Morgan fingerprint density at radius 3 is 2.58 bits per heavy atom. The number of rotatable bonds is 7. The van der Waals surface area contributed by atoms with Gasteiger partial charge in [-0.1, -0.05) is 23.7 Å². The van der Waals surface area contributed by atoms with Crippen LogP contribution in [0, 0.1) is 10.1 Å². The Morgan fingerprint density at radius 2 is 1.90 bits per heavy atom.